The van der Waals surface area contributed by atoms with Gasteiger partial charge in [0.2, 0.25) is 0 Å². The predicted molar refractivity (Wildman–Crippen MR) is 178 cm³/mol. The molecule has 0 nitrogen and oxygen atoms in total. The summed E-state index contributed by atoms with van der Waals surface area (Å²) in [5.41, 5.74) is 18.7. The first-order valence-electron chi connectivity index (χ1n) is 15.0. The molecule has 0 radical (unpaired) electrons. The van der Waals surface area contributed by atoms with E-state index in [9.17, 15) is 0 Å². The lowest BCUT2D eigenvalue weighted by atomic mass is 9.80. The minimum atomic E-state index is -0.0554. The molecule has 0 heteroatoms. The van der Waals surface area contributed by atoms with Gasteiger partial charge in [-0.25, -0.2) is 0 Å². The molecular formula is C42H34. The van der Waals surface area contributed by atoms with Crippen molar-refractivity contribution in [2.45, 2.75) is 38.5 Å². The van der Waals surface area contributed by atoms with E-state index in [0.29, 0.717) is 0 Å². The second kappa shape index (κ2) is 8.91. The molecule has 2 aliphatic carbocycles. The second-order valence-corrected chi connectivity index (χ2v) is 13.0. The highest BCUT2D eigenvalue weighted by Crippen LogP contribution is 2.51. The number of hydrogen-bond acceptors (Lipinski definition) is 0. The fourth-order valence-electron chi connectivity index (χ4n) is 7.47. The van der Waals surface area contributed by atoms with Crippen molar-refractivity contribution in [1.82, 2.24) is 0 Å². The summed E-state index contributed by atoms with van der Waals surface area (Å²) in [4.78, 5) is 0. The van der Waals surface area contributed by atoms with Gasteiger partial charge in [-0.15, -0.1) is 0 Å². The van der Waals surface area contributed by atoms with Crippen LogP contribution in [0.3, 0.4) is 0 Å². The average Bonchev–Trinajstić information content (AvgIpc) is 3.40. The molecule has 6 aromatic carbocycles. The third-order valence-electron chi connectivity index (χ3n) is 9.92. The first-order valence-corrected chi connectivity index (χ1v) is 15.0. The number of hydrogen-bond donors (Lipinski definition) is 0. The molecule has 8 rings (SSSR count). The zero-order valence-electron chi connectivity index (χ0n) is 24.7. The van der Waals surface area contributed by atoms with Gasteiger partial charge in [0.15, 0.2) is 0 Å². The van der Waals surface area contributed by atoms with Gasteiger partial charge in [0, 0.05) is 10.8 Å². The zero-order chi connectivity index (χ0) is 28.6. The summed E-state index contributed by atoms with van der Waals surface area (Å²) in [5, 5.41) is 0. The molecule has 6 aromatic rings. The van der Waals surface area contributed by atoms with E-state index in [1.807, 2.05) is 0 Å². The molecule has 202 valence electrons. The SMILES string of the molecule is CC1(C)c2ccccc2-c2ccc(-c3ccc(-c4ccc5c(c4)C(C)(C)c4cc(-c6ccccc6)ccc4-5)cc3)cc21. The van der Waals surface area contributed by atoms with E-state index in [1.54, 1.807) is 0 Å². The fourth-order valence-corrected chi connectivity index (χ4v) is 7.47. The standard InChI is InChI=1S/C42H34/c1-41(2)37-13-9-8-12-33(37)34-21-19-31(25-38(34)41)28-14-16-29(17-15-28)32-20-23-36-35-22-18-30(27-10-6-5-7-11-27)24-39(35)42(3,4)40(36)26-32/h5-26H,1-4H3. The Hall–Kier alpha value is -4.68. The number of rotatable bonds is 3. The molecule has 0 spiro atoms. The van der Waals surface area contributed by atoms with Crippen molar-refractivity contribution >= 4 is 0 Å². The number of benzene rings is 6. The van der Waals surface area contributed by atoms with Crippen LogP contribution in [0.2, 0.25) is 0 Å². The lowest BCUT2D eigenvalue weighted by Gasteiger charge is -2.23. The summed E-state index contributed by atoms with van der Waals surface area (Å²) in [6.45, 7) is 9.43. The summed E-state index contributed by atoms with van der Waals surface area (Å²) in [5.74, 6) is 0. The van der Waals surface area contributed by atoms with E-state index in [-0.39, 0.29) is 10.8 Å². The van der Waals surface area contributed by atoms with Crippen LogP contribution in [0.1, 0.15) is 49.9 Å². The van der Waals surface area contributed by atoms with Crippen LogP contribution >= 0.6 is 0 Å². The zero-order valence-corrected chi connectivity index (χ0v) is 24.7. The first kappa shape index (κ1) is 25.1. The largest absolute Gasteiger partial charge is 0.0622 e. The minimum absolute atomic E-state index is 0.0124. The third kappa shape index (κ3) is 3.61. The monoisotopic (exact) mass is 538 g/mol. The van der Waals surface area contributed by atoms with Gasteiger partial charge < -0.3 is 0 Å². The fraction of sp³-hybridized carbons (Fsp3) is 0.143. The summed E-state index contributed by atoms with van der Waals surface area (Å²) in [7, 11) is 0. The van der Waals surface area contributed by atoms with Crippen LogP contribution in [-0.4, -0.2) is 0 Å². The third-order valence-corrected chi connectivity index (χ3v) is 9.92. The molecule has 0 aromatic heterocycles. The maximum atomic E-state index is 2.42. The van der Waals surface area contributed by atoms with Gasteiger partial charge in [0.05, 0.1) is 0 Å². The molecule has 0 aliphatic heterocycles. The topological polar surface area (TPSA) is 0 Å². The van der Waals surface area contributed by atoms with Crippen LogP contribution in [0.25, 0.3) is 55.6 Å². The van der Waals surface area contributed by atoms with E-state index in [0.717, 1.165) is 0 Å². The van der Waals surface area contributed by atoms with Crippen molar-refractivity contribution in [3.05, 3.63) is 156 Å². The molecule has 42 heavy (non-hydrogen) atoms. The van der Waals surface area contributed by atoms with E-state index in [1.165, 1.54) is 77.9 Å². The Morgan fingerprint density at radius 1 is 0.286 bits per heavy atom. The van der Waals surface area contributed by atoms with Gasteiger partial charge in [0.1, 0.15) is 0 Å². The van der Waals surface area contributed by atoms with Crippen molar-refractivity contribution < 1.29 is 0 Å². The maximum absolute atomic E-state index is 2.42. The van der Waals surface area contributed by atoms with E-state index in [2.05, 4.69) is 161 Å². The molecule has 0 bridgehead atoms. The van der Waals surface area contributed by atoms with E-state index >= 15 is 0 Å². The van der Waals surface area contributed by atoms with Crippen LogP contribution in [0.5, 0.6) is 0 Å². The van der Waals surface area contributed by atoms with Crippen LogP contribution < -0.4 is 0 Å². The van der Waals surface area contributed by atoms with Crippen molar-refractivity contribution in [3.8, 4) is 55.6 Å². The Morgan fingerprint density at radius 3 is 1.10 bits per heavy atom. The molecule has 0 unspecified atom stereocenters. The molecule has 0 atom stereocenters. The van der Waals surface area contributed by atoms with Crippen LogP contribution in [-0.2, 0) is 10.8 Å². The maximum Gasteiger partial charge on any atom is 0.0159 e. The minimum Gasteiger partial charge on any atom is -0.0622 e. The highest BCUT2D eigenvalue weighted by Gasteiger charge is 2.36. The highest BCUT2D eigenvalue weighted by atomic mass is 14.4. The molecule has 0 amide bonds. The molecule has 0 saturated heterocycles. The van der Waals surface area contributed by atoms with Gasteiger partial charge in [-0.1, -0.05) is 143 Å². The molecule has 2 aliphatic rings. The van der Waals surface area contributed by atoms with Crippen molar-refractivity contribution in [2.75, 3.05) is 0 Å². The summed E-state index contributed by atoms with van der Waals surface area (Å²) >= 11 is 0. The smallest absolute Gasteiger partial charge is 0.0159 e. The Balaban J connectivity index is 1.12. The van der Waals surface area contributed by atoms with Gasteiger partial charge in [-0.3, -0.25) is 0 Å². The van der Waals surface area contributed by atoms with Gasteiger partial charge in [-0.2, -0.15) is 0 Å². The highest BCUT2D eigenvalue weighted by molar-refractivity contribution is 5.87. The van der Waals surface area contributed by atoms with Gasteiger partial charge in [-0.05, 0) is 96.1 Å². The van der Waals surface area contributed by atoms with Crippen LogP contribution in [0, 0.1) is 0 Å². The van der Waals surface area contributed by atoms with Crippen molar-refractivity contribution in [1.29, 1.82) is 0 Å². The second-order valence-electron chi connectivity index (χ2n) is 13.0. The lowest BCUT2D eigenvalue weighted by Crippen LogP contribution is -2.15. The number of fused-ring (bicyclic) bond motifs is 6. The summed E-state index contributed by atoms with van der Waals surface area (Å²) in [6.07, 6.45) is 0. The Kier molecular flexibility index (Phi) is 5.32. The molecule has 0 fully saturated rings. The predicted octanol–water partition coefficient (Wildman–Crippen LogP) is 11.3. The molecule has 0 saturated carbocycles. The first-order chi connectivity index (χ1) is 20.3. The Bertz CT molecular complexity index is 2000. The van der Waals surface area contributed by atoms with Crippen molar-refractivity contribution in [3.63, 3.8) is 0 Å². The van der Waals surface area contributed by atoms with E-state index in [4.69, 9.17) is 0 Å². The van der Waals surface area contributed by atoms with Crippen molar-refractivity contribution in [2.24, 2.45) is 0 Å². The van der Waals surface area contributed by atoms with Gasteiger partial charge in [0.25, 0.3) is 0 Å². The molecule has 0 heterocycles. The normalized spacial score (nSPS) is 15.0. The lowest BCUT2D eigenvalue weighted by molar-refractivity contribution is 0.660. The summed E-state index contributed by atoms with van der Waals surface area (Å²) in [6, 6.07) is 49.7. The van der Waals surface area contributed by atoms with Crippen LogP contribution in [0.15, 0.2) is 133 Å². The Morgan fingerprint density at radius 2 is 0.619 bits per heavy atom. The molecular weight excluding hydrogens is 504 g/mol. The van der Waals surface area contributed by atoms with E-state index < -0.39 is 0 Å². The van der Waals surface area contributed by atoms with Gasteiger partial charge >= 0.3 is 0 Å². The Labute approximate surface area is 249 Å². The average molecular weight is 539 g/mol. The summed E-state index contributed by atoms with van der Waals surface area (Å²) < 4.78 is 0. The quantitative estimate of drug-likeness (QED) is 0.210. The molecule has 0 N–H and O–H groups in total. The van der Waals surface area contributed by atoms with Crippen LogP contribution in [0.4, 0.5) is 0 Å².